The second kappa shape index (κ2) is 3.69. The summed E-state index contributed by atoms with van der Waals surface area (Å²) in [5.74, 6) is -0.303. The van der Waals surface area contributed by atoms with Crippen LogP contribution < -0.4 is 5.32 Å². The predicted molar refractivity (Wildman–Crippen MR) is 42.4 cm³/mol. The molecule has 3 heteroatoms. The highest BCUT2D eigenvalue weighted by Crippen LogP contribution is 2.15. The minimum atomic E-state index is -0.303. The molecule has 1 aromatic rings. The largest absolute Gasteiger partial charge is 0.475 e. The van der Waals surface area contributed by atoms with E-state index in [9.17, 15) is 4.39 Å². The topological polar surface area (TPSA) is 16.6 Å². The Hall–Kier alpha value is -0.600. The lowest BCUT2D eigenvalue weighted by Crippen LogP contribution is -2.74. The Balaban J connectivity index is 2.90. The Labute approximate surface area is 70.2 Å². The number of halogens is 2. The first-order valence-electron chi connectivity index (χ1n) is 3.29. The van der Waals surface area contributed by atoms with Crippen molar-refractivity contribution in [3.8, 4) is 0 Å². The van der Waals surface area contributed by atoms with Gasteiger partial charge in [0.25, 0.3) is 0 Å². The maximum absolute atomic E-state index is 12.5. The standard InChI is InChI=1S/C8H9ClFN/c1-11-5-6-2-3-7(10)4-8(6)9/h2-4H,1,5,11H2. The smallest absolute Gasteiger partial charge is 0.124 e. The third-order valence-electron chi connectivity index (χ3n) is 1.38. The van der Waals surface area contributed by atoms with Crippen LogP contribution in [-0.4, -0.2) is 0 Å². The van der Waals surface area contributed by atoms with E-state index in [-0.39, 0.29) is 5.82 Å². The van der Waals surface area contributed by atoms with Crippen LogP contribution in [0, 0.1) is 12.9 Å². The zero-order chi connectivity index (χ0) is 8.27. The van der Waals surface area contributed by atoms with Gasteiger partial charge >= 0.3 is 0 Å². The van der Waals surface area contributed by atoms with Crippen molar-refractivity contribution in [3.05, 3.63) is 41.7 Å². The molecule has 11 heavy (non-hydrogen) atoms. The highest BCUT2D eigenvalue weighted by molar-refractivity contribution is 6.31. The molecule has 0 spiro atoms. The van der Waals surface area contributed by atoms with Crippen LogP contribution in [0.4, 0.5) is 4.39 Å². The Kier molecular flexibility index (Phi) is 2.85. The fourth-order valence-corrected chi connectivity index (χ4v) is 1.09. The van der Waals surface area contributed by atoms with E-state index in [0.29, 0.717) is 11.6 Å². The van der Waals surface area contributed by atoms with Crippen LogP contribution in [0.15, 0.2) is 18.2 Å². The van der Waals surface area contributed by atoms with Gasteiger partial charge in [0.05, 0.1) is 11.6 Å². The molecule has 2 N–H and O–H groups in total. The first-order chi connectivity index (χ1) is 5.24. The molecule has 0 saturated carbocycles. The van der Waals surface area contributed by atoms with Crippen LogP contribution in [0.2, 0.25) is 5.02 Å². The molecule has 0 atom stereocenters. The Morgan fingerprint density at radius 1 is 1.55 bits per heavy atom. The molecule has 1 aromatic carbocycles. The van der Waals surface area contributed by atoms with Crippen molar-refractivity contribution in [2.24, 2.45) is 0 Å². The summed E-state index contributed by atoms with van der Waals surface area (Å²) in [6.07, 6.45) is 0. The minimum absolute atomic E-state index is 0.303. The van der Waals surface area contributed by atoms with Crippen molar-refractivity contribution >= 4 is 11.6 Å². The van der Waals surface area contributed by atoms with Gasteiger partial charge in [0, 0.05) is 5.56 Å². The van der Waals surface area contributed by atoms with E-state index in [1.165, 1.54) is 12.1 Å². The van der Waals surface area contributed by atoms with Gasteiger partial charge in [-0.15, -0.1) is 0 Å². The molecule has 0 fully saturated rings. The molecular formula is C8H9ClFN. The molecule has 1 rings (SSSR count). The average molecular weight is 174 g/mol. The van der Waals surface area contributed by atoms with Crippen LogP contribution >= 0.6 is 11.6 Å². The quantitative estimate of drug-likeness (QED) is 0.650. The van der Waals surface area contributed by atoms with Crippen LogP contribution in [0.25, 0.3) is 0 Å². The van der Waals surface area contributed by atoms with Crippen LogP contribution in [0.3, 0.4) is 0 Å². The van der Waals surface area contributed by atoms with E-state index in [0.717, 1.165) is 5.56 Å². The van der Waals surface area contributed by atoms with Crippen molar-refractivity contribution in [3.63, 3.8) is 0 Å². The number of hydrogen-bond donors (Lipinski definition) is 1. The molecule has 0 saturated heterocycles. The second-order valence-corrected chi connectivity index (χ2v) is 2.64. The van der Waals surface area contributed by atoms with Crippen LogP contribution in [-0.2, 0) is 6.54 Å². The van der Waals surface area contributed by atoms with Crippen LogP contribution in [0.1, 0.15) is 5.56 Å². The molecule has 0 aliphatic rings. The summed E-state index contributed by atoms with van der Waals surface area (Å²) in [5, 5.41) is 2.20. The second-order valence-electron chi connectivity index (χ2n) is 2.23. The molecule has 0 unspecified atom stereocenters. The molecule has 0 aliphatic carbocycles. The number of benzene rings is 1. The van der Waals surface area contributed by atoms with Gasteiger partial charge in [-0.2, -0.15) is 7.05 Å². The molecule has 0 aromatic heterocycles. The summed E-state index contributed by atoms with van der Waals surface area (Å²) in [6.45, 7) is 0.680. The normalized spacial score (nSPS) is 10.1. The van der Waals surface area contributed by atoms with Gasteiger partial charge in [0.15, 0.2) is 0 Å². The fraction of sp³-hybridized carbons (Fsp3) is 0.125. The van der Waals surface area contributed by atoms with Crippen molar-refractivity contribution in [2.45, 2.75) is 6.54 Å². The Morgan fingerprint density at radius 2 is 2.27 bits per heavy atom. The van der Waals surface area contributed by atoms with Crippen molar-refractivity contribution < 1.29 is 9.71 Å². The molecule has 0 bridgehead atoms. The molecule has 0 radical (unpaired) electrons. The highest BCUT2D eigenvalue weighted by atomic mass is 35.5. The summed E-state index contributed by atoms with van der Waals surface area (Å²) >= 11 is 5.72. The Morgan fingerprint density at radius 3 is 2.82 bits per heavy atom. The van der Waals surface area contributed by atoms with E-state index in [1.807, 2.05) is 0 Å². The van der Waals surface area contributed by atoms with E-state index in [1.54, 1.807) is 11.4 Å². The summed E-state index contributed by atoms with van der Waals surface area (Å²) in [6, 6.07) is 4.37. The summed E-state index contributed by atoms with van der Waals surface area (Å²) in [5.41, 5.74) is 0.906. The maximum atomic E-state index is 12.5. The minimum Gasteiger partial charge on any atom is -0.475 e. The average Bonchev–Trinajstić information content (AvgIpc) is 1.95. The first-order valence-corrected chi connectivity index (χ1v) is 3.66. The molecule has 0 aliphatic heterocycles. The van der Waals surface area contributed by atoms with Gasteiger partial charge in [-0.05, 0) is 18.2 Å². The third kappa shape index (κ3) is 2.17. The number of nitrogens with two attached hydrogens (primary N) is 1. The molecule has 60 valence electrons. The summed E-state index contributed by atoms with van der Waals surface area (Å²) in [7, 11) is 3.57. The lowest BCUT2D eigenvalue weighted by molar-refractivity contribution is -0.612. The zero-order valence-corrected chi connectivity index (χ0v) is 6.74. The molecular weight excluding hydrogens is 165 g/mol. The van der Waals surface area contributed by atoms with E-state index < -0.39 is 0 Å². The van der Waals surface area contributed by atoms with Crippen molar-refractivity contribution in [1.82, 2.24) is 0 Å². The maximum Gasteiger partial charge on any atom is 0.124 e. The Bertz CT molecular complexity index is 250. The number of rotatable bonds is 2. The summed E-state index contributed by atoms with van der Waals surface area (Å²) in [4.78, 5) is 0. The van der Waals surface area contributed by atoms with Crippen LogP contribution in [0.5, 0.6) is 0 Å². The van der Waals surface area contributed by atoms with Crippen molar-refractivity contribution in [1.29, 1.82) is 0 Å². The lowest BCUT2D eigenvalue weighted by Gasteiger charge is -2.02. The third-order valence-corrected chi connectivity index (χ3v) is 1.73. The van der Waals surface area contributed by atoms with E-state index in [4.69, 9.17) is 11.6 Å². The van der Waals surface area contributed by atoms with Gasteiger partial charge < -0.3 is 5.32 Å². The van der Waals surface area contributed by atoms with Gasteiger partial charge in [-0.3, -0.25) is 0 Å². The van der Waals surface area contributed by atoms with E-state index in [2.05, 4.69) is 7.05 Å². The SMILES string of the molecule is [CH2-][NH2+]Cc1ccc(F)cc1Cl. The highest BCUT2D eigenvalue weighted by Gasteiger charge is 2.00. The first kappa shape index (κ1) is 8.50. The van der Waals surface area contributed by atoms with Gasteiger partial charge in [-0.1, -0.05) is 11.6 Å². The van der Waals surface area contributed by atoms with Gasteiger partial charge in [0.2, 0.25) is 0 Å². The van der Waals surface area contributed by atoms with Crippen molar-refractivity contribution in [2.75, 3.05) is 0 Å². The number of hydrogen-bond acceptors (Lipinski definition) is 0. The van der Waals surface area contributed by atoms with Gasteiger partial charge in [0.1, 0.15) is 5.82 Å². The van der Waals surface area contributed by atoms with E-state index >= 15 is 0 Å². The van der Waals surface area contributed by atoms with Gasteiger partial charge in [-0.25, -0.2) is 4.39 Å². The number of quaternary nitrogens is 1. The fourth-order valence-electron chi connectivity index (χ4n) is 0.843. The monoisotopic (exact) mass is 173 g/mol. The molecule has 0 amide bonds. The molecule has 0 heterocycles. The predicted octanol–water partition coefficient (Wildman–Crippen LogP) is 1.33. The zero-order valence-electron chi connectivity index (χ0n) is 5.98. The lowest BCUT2D eigenvalue weighted by atomic mass is 10.2. The molecule has 1 nitrogen and oxygen atoms in total. The summed E-state index contributed by atoms with van der Waals surface area (Å²) < 4.78 is 12.5.